The van der Waals surface area contributed by atoms with Crippen molar-refractivity contribution in [1.82, 2.24) is 4.98 Å². The van der Waals surface area contributed by atoms with E-state index in [2.05, 4.69) is 10.3 Å². The lowest BCUT2D eigenvalue weighted by atomic mass is 10.1. The first-order chi connectivity index (χ1) is 8.56. The summed E-state index contributed by atoms with van der Waals surface area (Å²) < 4.78 is 12.7. The van der Waals surface area contributed by atoms with Gasteiger partial charge in [0.2, 0.25) is 5.95 Å². The number of carbonyl (C=O) groups excluding carboxylic acids is 1. The van der Waals surface area contributed by atoms with Crippen LogP contribution < -0.4 is 5.32 Å². The van der Waals surface area contributed by atoms with Crippen LogP contribution in [0, 0.1) is 19.8 Å². The normalized spacial score (nSPS) is 10.2. The number of nitrogens with zero attached hydrogens (tertiary/aromatic N) is 1. The van der Waals surface area contributed by atoms with Gasteiger partial charge in [0, 0.05) is 11.9 Å². The Morgan fingerprint density at radius 3 is 2.67 bits per heavy atom. The van der Waals surface area contributed by atoms with E-state index in [0.717, 1.165) is 22.9 Å². The van der Waals surface area contributed by atoms with Crippen LogP contribution in [0.2, 0.25) is 0 Å². The van der Waals surface area contributed by atoms with Gasteiger partial charge in [0.1, 0.15) is 0 Å². The summed E-state index contributed by atoms with van der Waals surface area (Å²) in [4.78, 5) is 15.4. The van der Waals surface area contributed by atoms with Crippen molar-refractivity contribution < 1.29 is 9.18 Å². The van der Waals surface area contributed by atoms with Crippen molar-refractivity contribution in [3.63, 3.8) is 0 Å². The number of rotatable bonds is 2. The van der Waals surface area contributed by atoms with Crippen LogP contribution in [0.5, 0.6) is 0 Å². The van der Waals surface area contributed by atoms with Crippen LogP contribution in [0.3, 0.4) is 0 Å². The summed E-state index contributed by atoms with van der Waals surface area (Å²) in [5.74, 6) is -0.894. The molecule has 1 heterocycles. The van der Waals surface area contributed by atoms with Crippen molar-refractivity contribution in [3.8, 4) is 0 Å². The standard InChI is InChI=1S/C14H13FN2O/c1-9-3-4-10(2)12(7-9)17-14(18)11-5-6-13(15)16-8-11/h3-8H,1-2H3,(H,17,18). The Morgan fingerprint density at radius 1 is 1.22 bits per heavy atom. The molecule has 0 fully saturated rings. The minimum absolute atomic E-state index is 0.295. The second-order valence-corrected chi connectivity index (χ2v) is 4.14. The SMILES string of the molecule is Cc1ccc(C)c(NC(=O)c2ccc(F)nc2)c1. The lowest BCUT2D eigenvalue weighted by Crippen LogP contribution is -2.13. The summed E-state index contributed by atoms with van der Waals surface area (Å²) in [6.07, 6.45) is 1.22. The summed E-state index contributed by atoms with van der Waals surface area (Å²) >= 11 is 0. The molecule has 0 saturated heterocycles. The second-order valence-electron chi connectivity index (χ2n) is 4.14. The van der Waals surface area contributed by atoms with Crippen LogP contribution >= 0.6 is 0 Å². The molecule has 3 nitrogen and oxygen atoms in total. The number of halogens is 1. The van der Waals surface area contributed by atoms with Gasteiger partial charge in [0.15, 0.2) is 0 Å². The molecule has 0 aliphatic carbocycles. The molecule has 0 bridgehead atoms. The van der Waals surface area contributed by atoms with E-state index in [9.17, 15) is 9.18 Å². The molecule has 0 radical (unpaired) electrons. The fourth-order valence-corrected chi connectivity index (χ4v) is 1.58. The van der Waals surface area contributed by atoms with E-state index >= 15 is 0 Å². The maximum Gasteiger partial charge on any atom is 0.257 e. The van der Waals surface area contributed by atoms with Gasteiger partial charge in [-0.1, -0.05) is 12.1 Å². The van der Waals surface area contributed by atoms with Gasteiger partial charge in [-0.2, -0.15) is 4.39 Å². The third-order valence-electron chi connectivity index (χ3n) is 2.63. The van der Waals surface area contributed by atoms with Crippen molar-refractivity contribution in [2.24, 2.45) is 0 Å². The van der Waals surface area contributed by atoms with Gasteiger partial charge in [-0.3, -0.25) is 4.79 Å². The van der Waals surface area contributed by atoms with Gasteiger partial charge >= 0.3 is 0 Å². The topological polar surface area (TPSA) is 42.0 Å². The first-order valence-corrected chi connectivity index (χ1v) is 5.56. The van der Waals surface area contributed by atoms with E-state index in [1.807, 2.05) is 32.0 Å². The molecule has 18 heavy (non-hydrogen) atoms. The van der Waals surface area contributed by atoms with Gasteiger partial charge in [-0.15, -0.1) is 0 Å². The van der Waals surface area contributed by atoms with Crippen LogP contribution in [0.4, 0.5) is 10.1 Å². The predicted octanol–water partition coefficient (Wildman–Crippen LogP) is 3.09. The Kier molecular flexibility index (Phi) is 3.37. The molecule has 0 aliphatic rings. The maximum atomic E-state index is 12.7. The molecule has 1 aromatic heterocycles. The number of amides is 1. The summed E-state index contributed by atoms with van der Waals surface area (Å²) in [7, 11) is 0. The summed E-state index contributed by atoms with van der Waals surface area (Å²) in [6.45, 7) is 3.87. The highest BCUT2D eigenvalue weighted by molar-refractivity contribution is 6.04. The Labute approximate surface area is 105 Å². The number of benzene rings is 1. The van der Waals surface area contributed by atoms with Crippen LogP contribution in [0.25, 0.3) is 0 Å². The average molecular weight is 244 g/mol. The highest BCUT2D eigenvalue weighted by atomic mass is 19.1. The van der Waals surface area contributed by atoms with E-state index in [0.29, 0.717) is 5.56 Å². The predicted molar refractivity (Wildman–Crippen MR) is 68.1 cm³/mol. The van der Waals surface area contributed by atoms with Gasteiger partial charge in [0.25, 0.3) is 5.91 Å². The highest BCUT2D eigenvalue weighted by Crippen LogP contribution is 2.17. The summed E-state index contributed by atoms with van der Waals surface area (Å²) in [6, 6.07) is 8.38. The van der Waals surface area contributed by atoms with Crippen LogP contribution in [0.15, 0.2) is 36.5 Å². The fourth-order valence-electron chi connectivity index (χ4n) is 1.58. The third-order valence-corrected chi connectivity index (χ3v) is 2.63. The van der Waals surface area contributed by atoms with Crippen molar-refractivity contribution in [2.45, 2.75) is 13.8 Å². The number of nitrogens with one attached hydrogen (secondary N) is 1. The lowest BCUT2D eigenvalue weighted by Gasteiger charge is -2.09. The number of hydrogen-bond acceptors (Lipinski definition) is 2. The first kappa shape index (κ1) is 12.2. The third kappa shape index (κ3) is 2.71. The van der Waals surface area contributed by atoms with E-state index in [4.69, 9.17) is 0 Å². The molecule has 0 spiro atoms. The van der Waals surface area contributed by atoms with E-state index in [1.54, 1.807) is 0 Å². The van der Waals surface area contributed by atoms with Crippen molar-refractivity contribution in [2.75, 3.05) is 5.32 Å². The minimum Gasteiger partial charge on any atom is -0.322 e. The van der Waals surface area contributed by atoms with Crippen molar-refractivity contribution in [1.29, 1.82) is 0 Å². The van der Waals surface area contributed by atoms with E-state index in [1.165, 1.54) is 12.3 Å². The monoisotopic (exact) mass is 244 g/mol. The van der Waals surface area contributed by atoms with Gasteiger partial charge in [-0.05, 0) is 43.2 Å². The molecule has 2 rings (SSSR count). The van der Waals surface area contributed by atoms with Gasteiger partial charge < -0.3 is 5.32 Å². The Morgan fingerprint density at radius 2 is 2.00 bits per heavy atom. The quantitative estimate of drug-likeness (QED) is 0.825. The molecule has 2 aromatic rings. The molecule has 1 aromatic carbocycles. The van der Waals surface area contributed by atoms with E-state index < -0.39 is 5.95 Å². The Bertz CT molecular complexity index is 579. The minimum atomic E-state index is -0.599. The number of carbonyl (C=O) groups is 1. The highest BCUT2D eigenvalue weighted by Gasteiger charge is 2.08. The molecular formula is C14H13FN2O. The summed E-state index contributed by atoms with van der Waals surface area (Å²) in [5, 5.41) is 2.79. The zero-order valence-corrected chi connectivity index (χ0v) is 10.2. The van der Waals surface area contributed by atoms with E-state index in [-0.39, 0.29) is 5.91 Å². The molecule has 0 saturated carbocycles. The number of anilines is 1. The molecule has 92 valence electrons. The zero-order valence-electron chi connectivity index (χ0n) is 10.2. The van der Waals surface area contributed by atoms with Crippen LogP contribution in [0.1, 0.15) is 21.5 Å². The van der Waals surface area contributed by atoms with Gasteiger partial charge in [-0.25, -0.2) is 4.98 Å². The first-order valence-electron chi connectivity index (χ1n) is 5.56. The number of hydrogen-bond donors (Lipinski definition) is 1. The number of aromatic nitrogens is 1. The average Bonchev–Trinajstić information content (AvgIpc) is 2.34. The molecule has 0 unspecified atom stereocenters. The largest absolute Gasteiger partial charge is 0.322 e. The molecule has 1 amide bonds. The van der Waals surface area contributed by atoms with Crippen molar-refractivity contribution in [3.05, 3.63) is 59.2 Å². The van der Waals surface area contributed by atoms with Crippen LogP contribution in [-0.2, 0) is 0 Å². The zero-order chi connectivity index (χ0) is 13.1. The smallest absolute Gasteiger partial charge is 0.257 e. The molecular weight excluding hydrogens is 231 g/mol. The molecule has 0 aliphatic heterocycles. The van der Waals surface area contributed by atoms with Gasteiger partial charge in [0.05, 0.1) is 5.56 Å². The Hall–Kier alpha value is -2.23. The molecule has 0 atom stereocenters. The maximum absolute atomic E-state index is 12.7. The molecule has 4 heteroatoms. The Balaban J connectivity index is 2.21. The summed E-state index contributed by atoms with van der Waals surface area (Å²) in [5.41, 5.74) is 3.12. The number of pyridine rings is 1. The lowest BCUT2D eigenvalue weighted by molar-refractivity contribution is 0.102. The molecule has 1 N–H and O–H groups in total. The second kappa shape index (κ2) is 4.96. The van der Waals surface area contributed by atoms with Crippen LogP contribution in [-0.4, -0.2) is 10.9 Å². The fraction of sp³-hybridized carbons (Fsp3) is 0.143. The van der Waals surface area contributed by atoms with Crippen molar-refractivity contribution >= 4 is 11.6 Å². The number of aryl methyl sites for hydroxylation is 2.